The van der Waals surface area contributed by atoms with Gasteiger partial charge in [-0.15, -0.1) is 0 Å². The smallest absolute Gasteiger partial charge is 0.550 e. The summed E-state index contributed by atoms with van der Waals surface area (Å²) in [4.78, 5) is 13.4. The van der Waals surface area contributed by atoms with Crippen LogP contribution in [0, 0.1) is 0 Å². The molecule has 0 heterocycles. The average molecular weight is 628 g/mol. The zero-order valence-electron chi connectivity index (χ0n) is 31.6. The van der Waals surface area contributed by atoms with E-state index in [9.17, 15) is 9.90 Å². The predicted octanol–water partition coefficient (Wildman–Crippen LogP) is 9.74. The van der Waals surface area contributed by atoms with Crippen molar-refractivity contribution in [1.82, 2.24) is 4.90 Å². The van der Waals surface area contributed by atoms with E-state index in [0.717, 1.165) is 13.1 Å². The van der Waals surface area contributed by atoms with Crippen molar-refractivity contribution >= 4 is 5.97 Å². The number of hydrogen-bond donors (Lipinski definition) is 0. The van der Waals surface area contributed by atoms with Gasteiger partial charge in [-0.2, -0.15) is 0 Å². The van der Waals surface area contributed by atoms with Crippen LogP contribution in [0.2, 0.25) is 0 Å². The van der Waals surface area contributed by atoms with E-state index in [2.05, 4.69) is 18.7 Å². The Bertz CT molecular complexity index is 506. The molecule has 0 aromatic heterocycles. The van der Waals surface area contributed by atoms with E-state index in [1.54, 1.807) is 0 Å². The van der Waals surface area contributed by atoms with Gasteiger partial charge in [0.2, 0.25) is 0 Å². The van der Waals surface area contributed by atoms with Gasteiger partial charge in [0, 0.05) is 12.5 Å². The molecule has 0 aromatic carbocycles. The second-order valence-corrected chi connectivity index (χ2v) is 14.3. The summed E-state index contributed by atoms with van der Waals surface area (Å²) in [6.07, 6.45) is 47.7. The second kappa shape index (κ2) is 42.1. The molecule has 0 N–H and O–H groups in total. The Kier molecular flexibility index (Phi) is 44.1. The molecule has 4 heteroatoms. The molecule has 0 radical (unpaired) electrons. The molecule has 264 valence electrons. The second-order valence-electron chi connectivity index (χ2n) is 14.3. The minimum Gasteiger partial charge on any atom is -0.550 e. The Labute approximate surface area is 296 Å². The van der Waals surface area contributed by atoms with Crippen molar-refractivity contribution in [2.75, 3.05) is 19.6 Å². The standard InChI is InChI=1S/C41H83NO2.Li/c1-3-5-7-9-11-13-15-17-19-21-23-25-27-29-31-33-35-38-42(40-37-41(43)44)39-36-34-32-30-28-26-24-22-20-18-16-14-12-10-8-6-4-2;/h3-40H2,1-2H3,(H,43,44);/q;+1/p-1. The summed E-state index contributed by atoms with van der Waals surface area (Å²) in [6.45, 7) is 7.37. The summed E-state index contributed by atoms with van der Waals surface area (Å²) in [7, 11) is 0. The minimum absolute atomic E-state index is 0. The molecule has 0 aromatic rings. The van der Waals surface area contributed by atoms with Crippen LogP contribution >= 0.6 is 0 Å². The molecule has 0 atom stereocenters. The number of carbonyl (C=O) groups is 1. The number of carbonyl (C=O) groups excluding carboxylic acids is 1. The van der Waals surface area contributed by atoms with Crippen LogP contribution in [0.4, 0.5) is 0 Å². The Hall–Kier alpha value is 0.0274. The molecular formula is C41H82LiNO2. The van der Waals surface area contributed by atoms with Crippen LogP contribution < -0.4 is 24.0 Å². The van der Waals surface area contributed by atoms with Crippen molar-refractivity contribution in [2.24, 2.45) is 0 Å². The molecule has 0 amide bonds. The van der Waals surface area contributed by atoms with Gasteiger partial charge in [-0.3, -0.25) is 0 Å². The van der Waals surface area contributed by atoms with Gasteiger partial charge in [-0.05, 0) is 32.4 Å². The van der Waals surface area contributed by atoms with Gasteiger partial charge in [0.15, 0.2) is 0 Å². The van der Waals surface area contributed by atoms with Gasteiger partial charge in [-0.1, -0.05) is 219 Å². The third-order valence-electron chi connectivity index (χ3n) is 9.79. The molecule has 0 unspecified atom stereocenters. The van der Waals surface area contributed by atoms with Crippen LogP contribution in [0.1, 0.15) is 239 Å². The fourth-order valence-corrected chi connectivity index (χ4v) is 6.71. The van der Waals surface area contributed by atoms with Crippen molar-refractivity contribution in [3.63, 3.8) is 0 Å². The van der Waals surface area contributed by atoms with E-state index >= 15 is 0 Å². The van der Waals surface area contributed by atoms with E-state index in [1.165, 1.54) is 218 Å². The summed E-state index contributed by atoms with van der Waals surface area (Å²) in [5.41, 5.74) is 0. The summed E-state index contributed by atoms with van der Waals surface area (Å²) in [6, 6.07) is 0. The Morgan fingerprint density at radius 1 is 0.356 bits per heavy atom. The zero-order chi connectivity index (χ0) is 32.0. The fraction of sp³-hybridized carbons (Fsp3) is 0.976. The van der Waals surface area contributed by atoms with E-state index in [-0.39, 0.29) is 25.3 Å². The number of rotatable bonds is 39. The Morgan fingerprint density at radius 3 is 0.756 bits per heavy atom. The van der Waals surface area contributed by atoms with Gasteiger partial charge in [0.05, 0.1) is 0 Å². The van der Waals surface area contributed by atoms with Crippen LogP contribution in [0.25, 0.3) is 0 Å². The van der Waals surface area contributed by atoms with Crippen LogP contribution in [0.3, 0.4) is 0 Å². The van der Waals surface area contributed by atoms with Gasteiger partial charge >= 0.3 is 18.9 Å². The Morgan fingerprint density at radius 2 is 0.556 bits per heavy atom. The molecule has 0 aliphatic rings. The van der Waals surface area contributed by atoms with Crippen molar-refractivity contribution in [1.29, 1.82) is 0 Å². The molecule has 0 saturated heterocycles. The van der Waals surface area contributed by atoms with Crippen molar-refractivity contribution in [3.05, 3.63) is 0 Å². The molecule has 0 bridgehead atoms. The van der Waals surface area contributed by atoms with E-state index in [0.29, 0.717) is 6.54 Å². The average Bonchev–Trinajstić information content (AvgIpc) is 3.02. The summed E-state index contributed by atoms with van der Waals surface area (Å²) >= 11 is 0. The molecule has 3 nitrogen and oxygen atoms in total. The van der Waals surface area contributed by atoms with Gasteiger partial charge < -0.3 is 14.8 Å². The zero-order valence-corrected chi connectivity index (χ0v) is 31.6. The molecule has 0 aliphatic heterocycles. The summed E-state index contributed by atoms with van der Waals surface area (Å²) < 4.78 is 0. The first-order valence-corrected chi connectivity index (χ1v) is 20.6. The third-order valence-corrected chi connectivity index (χ3v) is 9.79. The largest absolute Gasteiger partial charge is 1.00 e. The molecule has 0 rings (SSSR count). The maximum atomic E-state index is 11.0. The number of carboxylic acids is 1. The van der Waals surface area contributed by atoms with Gasteiger partial charge in [0.1, 0.15) is 0 Å². The van der Waals surface area contributed by atoms with Crippen LogP contribution in [-0.4, -0.2) is 30.5 Å². The first-order chi connectivity index (χ1) is 21.7. The first kappa shape index (κ1) is 47.1. The topological polar surface area (TPSA) is 43.4 Å². The summed E-state index contributed by atoms with van der Waals surface area (Å²) in [5.74, 6) is -0.903. The monoisotopic (exact) mass is 628 g/mol. The summed E-state index contributed by atoms with van der Waals surface area (Å²) in [5, 5.41) is 11.0. The van der Waals surface area contributed by atoms with E-state index < -0.39 is 5.97 Å². The fourth-order valence-electron chi connectivity index (χ4n) is 6.71. The number of carboxylic acid groups (broad SMARTS) is 1. The maximum Gasteiger partial charge on any atom is 1.00 e. The van der Waals surface area contributed by atoms with Crippen molar-refractivity contribution in [3.8, 4) is 0 Å². The van der Waals surface area contributed by atoms with Crippen molar-refractivity contribution < 1.29 is 28.8 Å². The number of hydrogen-bond acceptors (Lipinski definition) is 3. The van der Waals surface area contributed by atoms with Crippen LogP contribution in [0.15, 0.2) is 0 Å². The van der Waals surface area contributed by atoms with Crippen LogP contribution in [0.5, 0.6) is 0 Å². The van der Waals surface area contributed by atoms with Gasteiger partial charge in [-0.25, -0.2) is 0 Å². The minimum atomic E-state index is -0.903. The SMILES string of the molecule is CCCCCCCCCCCCCCCCCCCN(CCCCCCCCCCCCCCCCCCC)CCC(=O)[O-].[Li+]. The Balaban J connectivity index is 0. The molecular weight excluding hydrogens is 545 g/mol. The molecule has 0 fully saturated rings. The van der Waals surface area contributed by atoms with Crippen LogP contribution in [-0.2, 0) is 4.79 Å². The predicted molar refractivity (Wildman–Crippen MR) is 194 cm³/mol. The van der Waals surface area contributed by atoms with E-state index in [4.69, 9.17) is 0 Å². The normalized spacial score (nSPS) is 11.4. The van der Waals surface area contributed by atoms with E-state index in [1.807, 2.05) is 0 Å². The molecule has 0 aliphatic carbocycles. The molecule has 0 spiro atoms. The quantitative estimate of drug-likeness (QED) is 0.0503. The number of unbranched alkanes of at least 4 members (excludes halogenated alkanes) is 32. The number of aliphatic carboxylic acids is 1. The number of nitrogens with zero attached hydrogens (tertiary/aromatic N) is 1. The van der Waals surface area contributed by atoms with Gasteiger partial charge in [0.25, 0.3) is 0 Å². The first-order valence-electron chi connectivity index (χ1n) is 20.6. The van der Waals surface area contributed by atoms with Crippen molar-refractivity contribution in [2.45, 2.75) is 239 Å². The third kappa shape index (κ3) is 42.0. The molecule has 45 heavy (non-hydrogen) atoms. The maximum absolute atomic E-state index is 11.0. The molecule has 0 saturated carbocycles.